The van der Waals surface area contributed by atoms with Gasteiger partial charge >= 0.3 is 0 Å². The molecule has 25 heavy (non-hydrogen) atoms. The van der Waals surface area contributed by atoms with Crippen LogP contribution in [0.2, 0.25) is 5.02 Å². The molecule has 0 aliphatic carbocycles. The maximum atomic E-state index is 12.4. The predicted molar refractivity (Wildman–Crippen MR) is 102 cm³/mol. The first kappa shape index (κ1) is 18.7. The van der Waals surface area contributed by atoms with E-state index in [1.807, 2.05) is 43.3 Å². The molecule has 0 aromatic heterocycles. The van der Waals surface area contributed by atoms with E-state index in [2.05, 4.69) is 5.32 Å². The highest BCUT2D eigenvalue weighted by Gasteiger charge is 2.10. The van der Waals surface area contributed by atoms with E-state index in [0.717, 1.165) is 16.8 Å². The molecular weight excluding hydrogens is 336 g/mol. The quantitative estimate of drug-likeness (QED) is 0.782. The topological polar surface area (TPSA) is 49.4 Å². The Morgan fingerprint density at radius 2 is 1.80 bits per heavy atom. The number of carbonyl (C=O) groups is 2. The molecule has 4 nitrogen and oxygen atoms in total. The number of nitrogens with one attached hydrogen (secondary N) is 1. The molecule has 0 heterocycles. The number of nitrogens with zero attached hydrogens (tertiary/aromatic N) is 1. The van der Waals surface area contributed by atoms with E-state index in [1.54, 1.807) is 29.2 Å². The molecule has 1 N–H and O–H groups in total. The lowest BCUT2D eigenvalue weighted by atomic mass is 10.1. The lowest BCUT2D eigenvalue weighted by molar-refractivity contribution is -0.126. The standard InChI is InChI=1S/C20H21ClN2O2/c1-3-23(14-17-6-4-5-7-19(17)21)20(25)13-10-16-8-11-18(12-9-16)22-15(2)24/h4-13H,3,14H2,1-2H3,(H,22,24)/b13-10+. The normalized spacial score (nSPS) is 10.7. The van der Waals surface area contributed by atoms with Gasteiger partial charge in [0, 0.05) is 36.8 Å². The molecule has 0 saturated carbocycles. The summed E-state index contributed by atoms with van der Waals surface area (Å²) in [5.74, 6) is -0.190. The Morgan fingerprint density at radius 3 is 2.40 bits per heavy atom. The van der Waals surface area contributed by atoms with Crippen LogP contribution < -0.4 is 5.32 Å². The van der Waals surface area contributed by atoms with Gasteiger partial charge in [-0.1, -0.05) is 41.9 Å². The molecule has 0 aliphatic rings. The van der Waals surface area contributed by atoms with Crippen LogP contribution in [0.5, 0.6) is 0 Å². The van der Waals surface area contributed by atoms with Crippen molar-refractivity contribution in [3.8, 4) is 0 Å². The van der Waals surface area contributed by atoms with Gasteiger partial charge in [-0.05, 0) is 42.3 Å². The monoisotopic (exact) mass is 356 g/mol. The summed E-state index contributed by atoms with van der Waals surface area (Å²) < 4.78 is 0. The smallest absolute Gasteiger partial charge is 0.246 e. The van der Waals surface area contributed by atoms with Gasteiger partial charge in [0.05, 0.1) is 0 Å². The van der Waals surface area contributed by atoms with Crippen LogP contribution in [0.15, 0.2) is 54.6 Å². The first-order valence-corrected chi connectivity index (χ1v) is 8.45. The summed E-state index contributed by atoms with van der Waals surface area (Å²) in [4.78, 5) is 25.2. The van der Waals surface area contributed by atoms with Gasteiger partial charge in [-0.2, -0.15) is 0 Å². The van der Waals surface area contributed by atoms with Crippen molar-refractivity contribution >= 4 is 35.2 Å². The van der Waals surface area contributed by atoms with Gasteiger partial charge in [-0.15, -0.1) is 0 Å². The molecule has 0 bridgehead atoms. The number of benzene rings is 2. The Hall–Kier alpha value is -2.59. The molecule has 2 amide bonds. The minimum atomic E-state index is -0.114. The molecule has 0 atom stereocenters. The van der Waals surface area contributed by atoms with Crippen molar-refractivity contribution in [2.45, 2.75) is 20.4 Å². The van der Waals surface area contributed by atoms with Crippen molar-refractivity contribution in [1.29, 1.82) is 0 Å². The van der Waals surface area contributed by atoms with E-state index in [4.69, 9.17) is 11.6 Å². The Balaban J connectivity index is 2.02. The number of hydrogen-bond donors (Lipinski definition) is 1. The minimum Gasteiger partial charge on any atom is -0.335 e. The summed E-state index contributed by atoms with van der Waals surface area (Å²) in [5.41, 5.74) is 2.54. The van der Waals surface area contributed by atoms with Crippen LogP contribution in [0, 0.1) is 0 Å². The molecule has 0 aliphatic heterocycles. The van der Waals surface area contributed by atoms with Gasteiger partial charge in [0.15, 0.2) is 0 Å². The van der Waals surface area contributed by atoms with Crippen LogP contribution in [-0.2, 0) is 16.1 Å². The highest BCUT2D eigenvalue weighted by atomic mass is 35.5. The Bertz CT molecular complexity index is 770. The molecule has 2 rings (SSSR count). The summed E-state index contributed by atoms with van der Waals surface area (Å²) >= 11 is 6.17. The SMILES string of the molecule is CCN(Cc1ccccc1Cl)C(=O)/C=C/c1ccc(NC(C)=O)cc1. The molecule has 0 fully saturated rings. The fraction of sp³-hybridized carbons (Fsp3) is 0.200. The second-order valence-corrected chi connectivity index (χ2v) is 5.99. The van der Waals surface area contributed by atoms with Gasteiger partial charge in [0.25, 0.3) is 0 Å². The number of likely N-dealkylation sites (N-methyl/N-ethyl adjacent to an activating group) is 1. The van der Waals surface area contributed by atoms with E-state index >= 15 is 0 Å². The maximum Gasteiger partial charge on any atom is 0.246 e. The van der Waals surface area contributed by atoms with Crippen molar-refractivity contribution < 1.29 is 9.59 Å². The average molecular weight is 357 g/mol. The molecule has 5 heteroatoms. The van der Waals surface area contributed by atoms with Crippen molar-refractivity contribution in [2.75, 3.05) is 11.9 Å². The van der Waals surface area contributed by atoms with Crippen LogP contribution in [0.25, 0.3) is 6.08 Å². The van der Waals surface area contributed by atoms with Crippen LogP contribution in [0.4, 0.5) is 5.69 Å². The van der Waals surface area contributed by atoms with Gasteiger partial charge in [0.1, 0.15) is 0 Å². The third-order valence-corrected chi connectivity index (χ3v) is 4.03. The second kappa shape index (κ2) is 9.04. The fourth-order valence-electron chi connectivity index (χ4n) is 2.33. The van der Waals surface area contributed by atoms with E-state index in [0.29, 0.717) is 18.1 Å². The molecular formula is C20H21ClN2O2. The van der Waals surface area contributed by atoms with Crippen molar-refractivity contribution in [2.24, 2.45) is 0 Å². The van der Waals surface area contributed by atoms with E-state index in [1.165, 1.54) is 6.92 Å². The molecule has 130 valence electrons. The highest BCUT2D eigenvalue weighted by Crippen LogP contribution is 2.17. The number of carbonyl (C=O) groups excluding carboxylic acids is 2. The second-order valence-electron chi connectivity index (χ2n) is 5.58. The minimum absolute atomic E-state index is 0.0756. The van der Waals surface area contributed by atoms with Gasteiger partial charge in [0.2, 0.25) is 11.8 Å². The summed E-state index contributed by atoms with van der Waals surface area (Å²) in [6.45, 7) is 4.46. The van der Waals surface area contributed by atoms with Crippen LogP contribution in [0.1, 0.15) is 25.0 Å². The van der Waals surface area contributed by atoms with Crippen LogP contribution >= 0.6 is 11.6 Å². The number of hydrogen-bond acceptors (Lipinski definition) is 2. The zero-order chi connectivity index (χ0) is 18.2. The van der Waals surface area contributed by atoms with E-state index < -0.39 is 0 Å². The van der Waals surface area contributed by atoms with Crippen molar-refractivity contribution in [3.05, 3.63) is 70.8 Å². The molecule has 0 saturated heterocycles. The lowest BCUT2D eigenvalue weighted by Crippen LogP contribution is -2.28. The highest BCUT2D eigenvalue weighted by molar-refractivity contribution is 6.31. The third kappa shape index (κ3) is 5.76. The molecule has 0 radical (unpaired) electrons. The van der Waals surface area contributed by atoms with Gasteiger partial charge < -0.3 is 10.2 Å². The summed E-state index contributed by atoms with van der Waals surface area (Å²) in [5, 5.41) is 3.36. The van der Waals surface area contributed by atoms with Gasteiger partial charge in [-0.25, -0.2) is 0 Å². The summed E-state index contributed by atoms with van der Waals surface area (Å²) in [6, 6.07) is 14.8. The fourth-order valence-corrected chi connectivity index (χ4v) is 2.53. The van der Waals surface area contributed by atoms with Crippen molar-refractivity contribution in [3.63, 3.8) is 0 Å². The largest absolute Gasteiger partial charge is 0.335 e. The number of halogens is 1. The third-order valence-electron chi connectivity index (χ3n) is 3.66. The van der Waals surface area contributed by atoms with E-state index in [9.17, 15) is 9.59 Å². The Labute approximate surface area is 153 Å². The molecule has 2 aromatic carbocycles. The van der Waals surface area contributed by atoms with Crippen molar-refractivity contribution in [1.82, 2.24) is 4.90 Å². The van der Waals surface area contributed by atoms with Crippen LogP contribution in [-0.4, -0.2) is 23.3 Å². The van der Waals surface area contributed by atoms with E-state index in [-0.39, 0.29) is 11.8 Å². The lowest BCUT2D eigenvalue weighted by Gasteiger charge is -2.19. The van der Waals surface area contributed by atoms with Crippen LogP contribution in [0.3, 0.4) is 0 Å². The first-order valence-electron chi connectivity index (χ1n) is 8.07. The first-order chi connectivity index (χ1) is 12.0. The average Bonchev–Trinajstić information content (AvgIpc) is 2.59. The zero-order valence-electron chi connectivity index (χ0n) is 14.3. The summed E-state index contributed by atoms with van der Waals surface area (Å²) in [7, 11) is 0. The van der Waals surface area contributed by atoms with Gasteiger partial charge in [-0.3, -0.25) is 9.59 Å². The number of amides is 2. The zero-order valence-corrected chi connectivity index (χ0v) is 15.1. The molecule has 0 spiro atoms. The Kier molecular flexibility index (Phi) is 6.78. The number of anilines is 1. The Morgan fingerprint density at radius 1 is 1.12 bits per heavy atom. The maximum absolute atomic E-state index is 12.4. The molecule has 0 unspecified atom stereocenters. The number of rotatable bonds is 6. The molecule has 2 aromatic rings. The predicted octanol–water partition coefficient (Wildman–Crippen LogP) is 4.36. The summed E-state index contributed by atoms with van der Waals surface area (Å²) in [6.07, 6.45) is 3.31.